The van der Waals surface area contributed by atoms with E-state index in [0.717, 1.165) is 14.8 Å². The van der Waals surface area contributed by atoms with Crippen LogP contribution in [0.4, 0.5) is 0 Å². The van der Waals surface area contributed by atoms with Gasteiger partial charge in [-0.2, -0.15) is 0 Å². The molecule has 0 radical (unpaired) electrons. The Hall–Kier alpha value is -1.66. The second-order valence-corrected chi connectivity index (χ2v) is 8.11. The first kappa shape index (κ1) is 19.7. The first-order valence-corrected chi connectivity index (χ1v) is 8.72. The fraction of sp³-hybridized carbons (Fsp3) is 0.316. The number of fused-ring (bicyclic) bond motifs is 2. The van der Waals surface area contributed by atoms with Gasteiger partial charge in [0.1, 0.15) is 25.0 Å². The van der Waals surface area contributed by atoms with Gasteiger partial charge in [-0.3, -0.25) is 4.79 Å². The van der Waals surface area contributed by atoms with Gasteiger partial charge < -0.3 is 26.7 Å². The van der Waals surface area contributed by atoms with Gasteiger partial charge in [0.25, 0.3) is 0 Å². The predicted octanol–water partition coefficient (Wildman–Crippen LogP) is -0.135. The quantitative estimate of drug-likeness (QED) is 0.496. The average Bonchev–Trinajstić information content (AvgIpc) is 2.51. The van der Waals surface area contributed by atoms with Crippen molar-refractivity contribution in [1.29, 1.82) is 0 Å². The molecule has 1 heterocycles. The lowest BCUT2D eigenvalue weighted by Gasteiger charge is -2.26. The molecule has 0 bridgehead atoms. The van der Waals surface area contributed by atoms with Gasteiger partial charge in [-0.1, -0.05) is 12.1 Å². The molecular weight excluding hydrogens is 358 g/mol. The van der Waals surface area contributed by atoms with E-state index in [1.54, 1.807) is 17.4 Å². The van der Waals surface area contributed by atoms with Gasteiger partial charge in [0.15, 0.2) is 5.43 Å². The van der Waals surface area contributed by atoms with Crippen LogP contribution >= 0.6 is 11.3 Å². The van der Waals surface area contributed by atoms with Crippen LogP contribution in [0, 0.1) is 0 Å². The molecule has 6 heteroatoms. The summed E-state index contributed by atoms with van der Waals surface area (Å²) in [5.41, 5.74) is 0.0518. The smallest absolute Gasteiger partial charge is 0.195 e. The topological polar surface area (TPSA) is 46.5 Å². The zero-order valence-corrected chi connectivity index (χ0v) is 16.1. The molecule has 0 fully saturated rings. The molecule has 0 aliphatic rings. The molecule has 1 atom stereocenters. The number of halogens is 1. The molecule has 134 valence electrons. The molecule has 0 amide bonds. The minimum atomic E-state index is -0.531. The fourth-order valence-corrected chi connectivity index (χ4v) is 3.85. The van der Waals surface area contributed by atoms with Gasteiger partial charge in [0, 0.05) is 20.2 Å². The van der Waals surface area contributed by atoms with Crippen LogP contribution in [-0.4, -0.2) is 50.0 Å². The highest BCUT2D eigenvalue weighted by Gasteiger charge is 2.16. The van der Waals surface area contributed by atoms with Crippen LogP contribution in [0.3, 0.4) is 0 Å². The van der Waals surface area contributed by atoms with Crippen LogP contribution in [0.25, 0.3) is 20.2 Å². The summed E-state index contributed by atoms with van der Waals surface area (Å²) >= 11 is 1.58. The van der Waals surface area contributed by atoms with E-state index in [4.69, 9.17) is 4.74 Å². The summed E-state index contributed by atoms with van der Waals surface area (Å²) in [5.74, 6) is 0.675. The van der Waals surface area contributed by atoms with E-state index in [1.165, 1.54) is 0 Å². The van der Waals surface area contributed by atoms with Gasteiger partial charge in [0.05, 0.1) is 21.1 Å². The Morgan fingerprint density at radius 3 is 2.48 bits per heavy atom. The third-order valence-corrected chi connectivity index (χ3v) is 4.88. The van der Waals surface area contributed by atoms with E-state index in [-0.39, 0.29) is 24.4 Å². The molecule has 1 unspecified atom stereocenters. The summed E-state index contributed by atoms with van der Waals surface area (Å²) in [6.07, 6.45) is -0.531. The summed E-state index contributed by atoms with van der Waals surface area (Å²) in [4.78, 5) is 12.5. The van der Waals surface area contributed by atoms with E-state index in [0.29, 0.717) is 22.2 Å². The fourth-order valence-electron chi connectivity index (χ4n) is 2.75. The minimum absolute atomic E-state index is 0. The van der Waals surface area contributed by atoms with Crippen molar-refractivity contribution in [2.45, 2.75) is 6.10 Å². The van der Waals surface area contributed by atoms with Crippen molar-refractivity contribution in [2.24, 2.45) is 0 Å². The Balaban J connectivity index is 0.00000225. The van der Waals surface area contributed by atoms with Crippen molar-refractivity contribution >= 4 is 31.5 Å². The van der Waals surface area contributed by atoms with Crippen molar-refractivity contribution < 1.29 is 26.7 Å². The van der Waals surface area contributed by atoms with Crippen LogP contribution < -0.4 is 22.6 Å². The number of likely N-dealkylation sites (N-methyl/N-ethyl adjacent to an activating group) is 1. The molecule has 1 aromatic heterocycles. The van der Waals surface area contributed by atoms with E-state index in [9.17, 15) is 9.90 Å². The lowest BCUT2D eigenvalue weighted by Crippen LogP contribution is -3.00. The highest BCUT2D eigenvalue weighted by molar-refractivity contribution is 7.24. The lowest BCUT2D eigenvalue weighted by atomic mass is 10.2. The summed E-state index contributed by atoms with van der Waals surface area (Å²) in [5, 5.41) is 11.5. The number of rotatable bonds is 5. The van der Waals surface area contributed by atoms with Crippen LogP contribution in [0.15, 0.2) is 47.3 Å². The molecule has 3 aromatic rings. The molecule has 1 N–H and O–H groups in total. The first-order valence-electron chi connectivity index (χ1n) is 7.90. The molecular formula is C19H22ClNO3S. The second kappa shape index (κ2) is 7.70. The van der Waals surface area contributed by atoms with Crippen LogP contribution in [0.1, 0.15) is 0 Å². The van der Waals surface area contributed by atoms with Crippen LogP contribution in [-0.2, 0) is 0 Å². The number of aliphatic hydroxyl groups is 1. The summed E-state index contributed by atoms with van der Waals surface area (Å²) in [6.45, 7) is 0.856. The number of ether oxygens (including phenoxy) is 1. The molecule has 25 heavy (non-hydrogen) atoms. The Morgan fingerprint density at radius 2 is 1.76 bits per heavy atom. The summed E-state index contributed by atoms with van der Waals surface area (Å²) in [6, 6.07) is 13.1. The maximum Gasteiger partial charge on any atom is 0.195 e. The number of aliphatic hydroxyl groups excluding tert-OH is 1. The van der Waals surface area contributed by atoms with Crippen molar-refractivity contribution in [3.63, 3.8) is 0 Å². The Labute approximate surface area is 157 Å². The SMILES string of the molecule is C[N+](C)(C)CC(O)COc1ccc2c(=O)c3ccccc3sc2c1.[Cl-]. The lowest BCUT2D eigenvalue weighted by molar-refractivity contribution is -0.873. The molecule has 0 aliphatic heterocycles. The Kier molecular flexibility index (Phi) is 6.06. The van der Waals surface area contributed by atoms with E-state index < -0.39 is 6.10 Å². The van der Waals surface area contributed by atoms with Crippen molar-refractivity contribution in [1.82, 2.24) is 0 Å². The standard InChI is InChI=1S/C19H22NO3S.ClH/c1-20(2,3)11-13(21)12-23-14-8-9-16-18(10-14)24-17-7-5-4-6-15(17)19(16)22;/h4-10,13,21H,11-12H2,1-3H3;1H/q+1;/p-1. The zero-order chi connectivity index (χ0) is 17.3. The molecule has 3 rings (SSSR count). The summed E-state index contributed by atoms with van der Waals surface area (Å²) in [7, 11) is 6.09. The Morgan fingerprint density at radius 1 is 1.08 bits per heavy atom. The average molecular weight is 380 g/mol. The van der Waals surface area contributed by atoms with Crippen molar-refractivity contribution in [3.8, 4) is 5.75 Å². The monoisotopic (exact) mass is 379 g/mol. The molecule has 0 saturated heterocycles. The predicted molar refractivity (Wildman–Crippen MR) is 100 cm³/mol. The third kappa shape index (κ3) is 4.70. The molecule has 4 nitrogen and oxygen atoms in total. The number of quaternary nitrogens is 1. The van der Waals surface area contributed by atoms with Gasteiger partial charge >= 0.3 is 0 Å². The second-order valence-electron chi connectivity index (χ2n) is 7.02. The van der Waals surface area contributed by atoms with Gasteiger partial charge in [-0.25, -0.2) is 0 Å². The van der Waals surface area contributed by atoms with Gasteiger partial charge in [0.2, 0.25) is 0 Å². The Bertz CT molecular complexity index is 933. The number of hydrogen-bond donors (Lipinski definition) is 1. The first-order chi connectivity index (χ1) is 11.3. The maximum atomic E-state index is 12.5. The van der Waals surface area contributed by atoms with Crippen molar-refractivity contribution in [3.05, 3.63) is 52.7 Å². The minimum Gasteiger partial charge on any atom is -1.00 e. The molecule has 0 saturated carbocycles. The van der Waals surface area contributed by atoms with Crippen molar-refractivity contribution in [2.75, 3.05) is 34.3 Å². The van der Waals surface area contributed by atoms with Gasteiger partial charge in [-0.15, -0.1) is 11.3 Å². The highest BCUT2D eigenvalue weighted by atomic mass is 35.5. The largest absolute Gasteiger partial charge is 1.00 e. The molecule has 0 aliphatic carbocycles. The number of hydrogen-bond acceptors (Lipinski definition) is 4. The van der Waals surface area contributed by atoms with E-state index >= 15 is 0 Å². The van der Waals surface area contributed by atoms with E-state index in [2.05, 4.69) is 0 Å². The molecule has 0 spiro atoms. The molecule has 2 aromatic carbocycles. The maximum absolute atomic E-state index is 12.5. The zero-order valence-electron chi connectivity index (χ0n) is 14.5. The highest BCUT2D eigenvalue weighted by Crippen LogP contribution is 2.27. The normalized spacial score (nSPS) is 12.8. The third-order valence-electron chi connectivity index (χ3n) is 3.75. The van der Waals surface area contributed by atoms with Gasteiger partial charge in [-0.05, 0) is 30.3 Å². The van der Waals surface area contributed by atoms with E-state index in [1.807, 2.05) is 57.5 Å². The van der Waals surface area contributed by atoms with Crippen LogP contribution in [0.2, 0.25) is 0 Å². The number of nitrogens with zero attached hydrogens (tertiary/aromatic N) is 1. The number of benzene rings is 2. The van der Waals surface area contributed by atoms with Crippen LogP contribution in [0.5, 0.6) is 5.75 Å². The summed E-state index contributed by atoms with van der Waals surface area (Å²) < 4.78 is 8.26.